The van der Waals surface area contributed by atoms with Crippen LogP contribution < -0.4 is 25.6 Å². The standard InChI is InChI=1S/C45H47FN10O3/c1-52-27-32-23-36(12-13-37(32)45(52)58)55-21-19-53(20-22-55)26-30-5-10-34(11-6-30)54-17-15-35(16-18-54)56-43-40(42(47)49-28-50-43)41(51-56)31-7-3-29(4-8-31)25-48-44(57)38-24-33(46)9-14-39(38)59-2/h3-14,23-24,28,35H,15-22,25-27H2,1-2H3,(H,48,57)(H2,47,49,50). The highest BCUT2D eigenvalue weighted by Crippen LogP contribution is 2.35. The van der Waals surface area contributed by atoms with E-state index in [1.165, 1.54) is 48.6 Å². The lowest BCUT2D eigenvalue weighted by molar-refractivity contribution is 0.0816. The zero-order valence-electron chi connectivity index (χ0n) is 33.3. The lowest BCUT2D eigenvalue weighted by atomic mass is 10.0. The molecular weight excluding hydrogens is 748 g/mol. The number of anilines is 3. The van der Waals surface area contributed by atoms with Gasteiger partial charge in [-0.05, 0) is 78.1 Å². The van der Waals surface area contributed by atoms with Crippen LogP contribution in [0.4, 0.5) is 21.6 Å². The van der Waals surface area contributed by atoms with Crippen LogP contribution in [0.3, 0.4) is 0 Å². The fourth-order valence-corrected chi connectivity index (χ4v) is 8.62. The fourth-order valence-electron chi connectivity index (χ4n) is 8.62. The number of nitrogens with two attached hydrogens (primary N) is 1. The number of carbonyl (C=O) groups is 2. The highest BCUT2D eigenvalue weighted by molar-refractivity contribution is 5.99. The second-order valence-electron chi connectivity index (χ2n) is 15.6. The van der Waals surface area contributed by atoms with Gasteiger partial charge >= 0.3 is 0 Å². The number of fused-ring (bicyclic) bond motifs is 2. The van der Waals surface area contributed by atoms with Gasteiger partial charge in [-0.25, -0.2) is 19.0 Å². The molecule has 59 heavy (non-hydrogen) atoms. The van der Waals surface area contributed by atoms with E-state index in [-0.39, 0.29) is 24.1 Å². The summed E-state index contributed by atoms with van der Waals surface area (Å²) in [5, 5.41) is 8.67. The molecule has 0 aliphatic carbocycles. The molecule has 4 aromatic carbocycles. The molecule has 0 unspecified atom stereocenters. The Morgan fingerprint density at radius 2 is 1.58 bits per heavy atom. The number of carbonyl (C=O) groups excluding carboxylic acids is 2. The summed E-state index contributed by atoms with van der Waals surface area (Å²) >= 11 is 0. The molecule has 13 nitrogen and oxygen atoms in total. The third kappa shape index (κ3) is 7.63. The average molecular weight is 795 g/mol. The van der Waals surface area contributed by atoms with Crippen LogP contribution in [0.15, 0.2) is 91.3 Å². The van der Waals surface area contributed by atoms with Crippen molar-refractivity contribution >= 4 is 40.0 Å². The Balaban J connectivity index is 0.802. The first-order valence-corrected chi connectivity index (χ1v) is 20.1. The topological polar surface area (TPSA) is 138 Å². The number of rotatable bonds is 10. The van der Waals surface area contributed by atoms with E-state index in [4.69, 9.17) is 15.6 Å². The number of amides is 2. The molecule has 14 heteroatoms. The van der Waals surface area contributed by atoms with Gasteiger partial charge < -0.3 is 30.5 Å². The van der Waals surface area contributed by atoms with Crippen molar-refractivity contribution in [1.29, 1.82) is 0 Å². The normalized spacial score (nSPS) is 16.2. The van der Waals surface area contributed by atoms with Crippen molar-refractivity contribution in [3.8, 4) is 17.0 Å². The number of methoxy groups -OCH3 is 1. The number of nitrogens with one attached hydrogen (secondary N) is 1. The van der Waals surface area contributed by atoms with Crippen LogP contribution in [0.1, 0.15) is 56.3 Å². The summed E-state index contributed by atoms with van der Waals surface area (Å²) in [6, 6.07) is 27.0. The highest BCUT2D eigenvalue weighted by Gasteiger charge is 2.28. The molecular formula is C45H47FN10O3. The first kappa shape index (κ1) is 38.0. The van der Waals surface area contributed by atoms with Gasteiger partial charge in [0, 0.05) is 88.5 Å². The molecule has 9 rings (SSSR count). The first-order chi connectivity index (χ1) is 28.7. The Labute approximate surface area is 342 Å². The minimum absolute atomic E-state index is 0.112. The minimum Gasteiger partial charge on any atom is -0.496 e. The number of piperidine rings is 1. The van der Waals surface area contributed by atoms with E-state index < -0.39 is 11.7 Å². The molecule has 6 aromatic rings. The van der Waals surface area contributed by atoms with E-state index in [0.717, 1.165) is 86.3 Å². The van der Waals surface area contributed by atoms with Crippen molar-refractivity contribution < 1.29 is 18.7 Å². The summed E-state index contributed by atoms with van der Waals surface area (Å²) in [5.74, 6) is -0.138. The molecule has 3 aliphatic heterocycles. The van der Waals surface area contributed by atoms with Gasteiger partial charge in [-0.1, -0.05) is 36.4 Å². The SMILES string of the molecule is COc1ccc(F)cc1C(=O)NCc1ccc(-c2nn(C3CCN(c4ccc(CN5CCN(c6ccc7c(c6)CN(C)C7=O)CC5)cc4)CC3)c3ncnc(N)c23)cc1. The molecule has 0 bridgehead atoms. The smallest absolute Gasteiger partial charge is 0.255 e. The van der Waals surface area contributed by atoms with Gasteiger partial charge in [0.05, 0.1) is 24.1 Å². The third-order valence-corrected chi connectivity index (χ3v) is 11.9. The zero-order valence-corrected chi connectivity index (χ0v) is 33.3. The molecule has 5 heterocycles. The number of piperazine rings is 1. The molecule has 0 radical (unpaired) electrons. The number of halogens is 1. The molecule has 2 saturated heterocycles. The number of hydrogen-bond acceptors (Lipinski definition) is 10. The van der Waals surface area contributed by atoms with Crippen molar-refractivity contribution in [2.75, 3.05) is 69.0 Å². The van der Waals surface area contributed by atoms with Crippen molar-refractivity contribution in [3.05, 3.63) is 125 Å². The number of nitrogen functional groups attached to an aromatic ring is 1. The lowest BCUT2D eigenvalue weighted by Crippen LogP contribution is -2.46. The number of benzene rings is 4. The van der Waals surface area contributed by atoms with Crippen molar-refractivity contribution in [2.45, 2.75) is 38.5 Å². The van der Waals surface area contributed by atoms with Crippen LogP contribution in [0.5, 0.6) is 5.75 Å². The maximum atomic E-state index is 13.8. The molecule has 302 valence electrons. The van der Waals surface area contributed by atoms with E-state index >= 15 is 0 Å². The summed E-state index contributed by atoms with van der Waals surface area (Å²) in [6.45, 7) is 7.54. The molecule has 0 atom stereocenters. The Bertz CT molecular complexity index is 2510. The van der Waals surface area contributed by atoms with Crippen LogP contribution >= 0.6 is 0 Å². The van der Waals surface area contributed by atoms with Gasteiger partial charge in [0.1, 0.15) is 29.4 Å². The largest absolute Gasteiger partial charge is 0.496 e. The van der Waals surface area contributed by atoms with Crippen LogP contribution in [-0.4, -0.2) is 94.8 Å². The van der Waals surface area contributed by atoms with Crippen LogP contribution in [0.25, 0.3) is 22.3 Å². The molecule has 3 aliphatic rings. The monoisotopic (exact) mass is 794 g/mol. The zero-order chi connectivity index (χ0) is 40.6. The summed E-state index contributed by atoms with van der Waals surface area (Å²) < 4.78 is 21.1. The Morgan fingerprint density at radius 1 is 0.864 bits per heavy atom. The van der Waals surface area contributed by atoms with Gasteiger partial charge in [0.15, 0.2) is 5.65 Å². The Kier molecular flexibility index (Phi) is 10.3. The number of aromatic nitrogens is 4. The van der Waals surface area contributed by atoms with E-state index in [1.54, 1.807) is 4.90 Å². The number of hydrogen-bond donors (Lipinski definition) is 2. The minimum atomic E-state index is -0.509. The summed E-state index contributed by atoms with van der Waals surface area (Å²) in [7, 11) is 3.30. The van der Waals surface area contributed by atoms with Gasteiger partial charge in [-0.3, -0.25) is 14.5 Å². The predicted molar refractivity (Wildman–Crippen MR) is 226 cm³/mol. The second kappa shape index (κ2) is 16.0. The van der Waals surface area contributed by atoms with Gasteiger partial charge in [-0.15, -0.1) is 0 Å². The first-order valence-electron chi connectivity index (χ1n) is 20.1. The highest BCUT2D eigenvalue weighted by atomic mass is 19.1. The van der Waals surface area contributed by atoms with E-state index in [2.05, 4.69) is 66.4 Å². The fraction of sp³-hybridized carbons (Fsp3) is 0.311. The van der Waals surface area contributed by atoms with E-state index in [0.29, 0.717) is 29.5 Å². The number of nitrogens with zero attached hydrogens (tertiary/aromatic N) is 8. The van der Waals surface area contributed by atoms with Crippen molar-refractivity contribution in [3.63, 3.8) is 0 Å². The maximum Gasteiger partial charge on any atom is 0.255 e. The molecule has 0 saturated carbocycles. The van der Waals surface area contributed by atoms with Gasteiger partial charge in [0.2, 0.25) is 0 Å². The number of ether oxygens (including phenoxy) is 1. The Morgan fingerprint density at radius 3 is 2.32 bits per heavy atom. The predicted octanol–water partition coefficient (Wildman–Crippen LogP) is 5.90. The van der Waals surface area contributed by atoms with Crippen LogP contribution in [0, 0.1) is 5.82 Å². The molecule has 2 fully saturated rings. The van der Waals surface area contributed by atoms with Crippen molar-refractivity contribution in [2.24, 2.45) is 0 Å². The quantitative estimate of drug-likeness (QED) is 0.173. The van der Waals surface area contributed by atoms with Crippen LogP contribution in [-0.2, 0) is 19.6 Å². The summed E-state index contributed by atoms with van der Waals surface area (Å²) in [6.07, 6.45) is 3.29. The third-order valence-electron chi connectivity index (χ3n) is 11.9. The van der Waals surface area contributed by atoms with E-state index in [9.17, 15) is 14.0 Å². The van der Waals surface area contributed by atoms with Crippen molar-refractivity contribution in [1.82, 2.24) is 34.9 Å². The Hall–Kier alpha value is -6.54. The van der Waals surface area contributed by atoms with Gasteiger partial charge in [0.25, 0.3) is 11.8 Å². The van der Waals surface area contributed by atoms with Crippen LogP contribution in [0.2, 0.25) is 0 Å². The molecule has 2 amide bonds. The summed E-state index contributed by atoms with van der Waals surface area (Å²) in [5.41, 5.74) is 15.4. The van der Waals surface area contributed by atoms with Gasteiger partial charge in [-0.2, -0.15) is 5.10 Å². The maximum absolute atomic E-state index is 13.8. The molecule has 2 aromatic heterocycles. The summed E-state index contributed by atoms with van der Waals surface area (Å²) in [4.78, 5) is 43.3. The second-order valence-corrected chi connectivity index (χ2v) is 15.6. The lowest BCUT2D eigenvalue weighted by Gasteiger charge is -2.36. The average Bonchev–Trinajstić information content (AvgIpc) is 3.80. The molecule has 3 N–H and O–H groups in total. The molecule has 0 spiro atoms. The van der Waals surface area contributed by atoms with E-state index in [1.807, 2.05) is 42.1 Å².